The quantitative estimate of drug-likeness (QED) is 0.756. The zero-order valence-corrected chi connectivity index (χ0v) is 12.3. The van der Waals surface area contributed by atoms with Gasteiger partial charge in [0.2, 0.25) is 0 Å². The Hall–Kier alpha value is -0.410. The van der Waals surface area contributed by atoms with Gasteiger partial charge in [-0.05, 0) is 24.8 Å². The Kier molecular flexibility index (Phi) is 4.21. The van der Waals surface area contributed by atoms with Gasteiger partial charge in [-0.25, -0.2) is 0 Å². The van der Waals surface area contributed by atoms with Crippen LogP contribution < -0.4 is 9.47 Å². The summed E-state index contributed by atoms with van der Waals surface area (Å²) in [5.74, 6) is 2.06. The van der Waals surface area contributed by atoms with Crippen molar-refractivity contribution in [2.24, 2.45) is 5.92 Å². The molecule has 2 rings (SSSR count). The van der Waals surface area contributed by atoms with Crippen molar-refractivity contribution in [3.8, 4) is 11.5 Å². The van der Waals surface area contributed by atoms with Gasteiger partial charge >= 0.3 is 0 Å². The van der Waals surface area contributed by atoms with Crippen molar-refractivity contribution < 1.29 is 9.47 Å². The van der Waals surface area contributed by atoms with E-state index in [1.54, 1.807) is 14.2 Å². The average Bonchev–Trinajstić information content (AvgIpc) is 2.26. The fourth-order valence-corrected chi connectivity index (χ4v) is 3.34. The van der Waals surface area contributed by atoms with Crippen LogP contribution >= 0.6 is 27.5 Å². The minimum Gasteiger partial charge on any atom is -0.495 e. The second-order valence-electron chi connectivity index (χ2n) is 4.30. The Balaban J connectivity index is 2.35. The lowest BCUT2D eigenvalue weighted by Crippen LogP contribution is -2.16. The number of hydrogen-bond acceptors (Lipinski definition) is 2. The highest BCUT2D eigenvalue weighted by molar-refractivity contribution is 9.09. The maximum absolute atomic E-state index is 6.25. The maximum atomic E-state index is 6.25. The first-order valence-corrected chi connectivity index (χ1v) is 7.02. The second-order valence-corrected chi connectivity index (χ2v) is 5.66. The van der Waals surface area contributed by atoms with Crippen molar-refractivity contribution in [3.63, 3.8) is 0 Å². The van der Waals surface area contributed by atoms with Crippen molar-refractivity contribution in [1.29, 1.82) is 0 Å². The Labute approximate surface area is 115 Å². The molecule has 17 heavy (non-hydrogen) atoms. The van der Waals surface area contributed by atoms with E-state index in [2.05, 4.69) is 15.9 Å². The van der Waals surface area contributed by atoms with Crippen LogP contribution in [-0.4, -0.2) is 14.2 Å². The van der Waals surface area contributed by atoms with Crippen LogP contribution in [0.4, 0.5) is 0 Å². The van der Waals surface area contributed by atoms with E-state index in [1.807, 2.05) is 12.1 Å². The molecule has 0 N–H and O–H groups in total. The number of alkyl halides is 1. The first-order valence-electron chi connectivity index (χ1n) is 5.73. The molecule has 0 aromatic heterocycles. The minimum atomic E-state index is 0.314. The van der Waals surface area contributed by atoms with Gasteiger partial charge in [-0.1, -0.05) is 40.0 Å². The summed E-state index contributed by atoms with van der Waals surface area (Å²) in [6.45, 7) is 0. The van der Waals surface area contributed by atoms with Crippen molar-refractivity contribution in [3.05, 3.63) is 22.7 Å². The lowest BCUT2D eigenvalue weighted by Gasteiger charge is -2.31. The van der Waals surface area contributed by atoms with Gasteiger partial charge in [0.25, 0.3) is 0 Å². The molecule has 4 heteroatoms. The van der Waals surface area contributed by atoms with Crippen LogP contribution in [0.15, 0.2) is 12.1 Å². The first kappa shape index (κ1) is 13.0. The van der Waals surface area contributed by atoms with Gasteiger partial charge in [0.05, 0.1) is 14.2 Å². The summed E-state index contributed by atoms with van der Waals surface area (Å²) in [5.41, 5.74) is 1.11. The molecule has 1 aromatic rings. The zero-order chi connectivity index (χ0) is 12.4. The van der Waals surface area contributed by atoms with Gasteiger partial charge in [0.1, 0.15) is 16.5 Å². The van der Waals surface area contributed by atoms with Crippen molar-refractivity contribution in [2.75, 3.05) is 14.2 Å². The normalized spacial score (nSPS) is 17.4. The highest BCUT2D eigenvalue weighted by atomic mass is 79.9. The fraction of sp³-hybridized carbons (Fsp3) is 0.538. The molecule has 0 heterocycles. The number of benzene rings is 1. The molecule has 1 atom stereocenters. The maximum Gasteiger partial charge on any atom is 0.145 e. The summed E-state index contributed by atoms with van der Waals surface area (Å²) < 4.78 is 10.6. The Morgan fingerprint density at radius 2 is 2.00 bits per heavy atom. The van der Waals surface area contributed by atoms with Crippen molar-refractivity contribution in [1.82, 2.24) is 0 Å². The number of halogens is 2. The Morgan fingerprint density at radius 3 is 2.47 bits per heavy atom. The van der Waals surface area contributed by atoms with E-state index in [0.717, 1.165) is 11.3 Å². The van der Waals surface area contributed by atoms with Crippen LogP contribution in [0.5, 0.6) is 11.5 Å². The predicted molar refractivity (Wildman–Crippen MR) is 73.6 cm³/mol. The molecule has 0 aliphatic heterocycles. The van der Waals surface area contributed by atoms with Crippen LogP contribution in [0.1, 0.15) is 29.7 Å². The highest BCUT2D eigenvalue weighted by Crippen LogP contribution is 2.49. The zero-order valence-electron chi connectivity index (χ0n) is 10.0. The van der Waals surface area contributed by atoms with Gasteiger partial charge < -0.3 is 9.47 Å². The molecule has 2 nitrogen and oxygen atoms in total. The molecule has 0 saturated heterocycles. The third-order valence-corrected chi connectivity index (χ3v) is 4.98. The molecule has 0 spiro atoms. The van der Waals surface area contributed by atoms with Gasteiger partial charge in [-0.2, -0.15) is 0 Å². The van der Waals surface area contributed by atoms with E-state index in [4.69, 9.17) is 21.1 Å². The Bertz CT molecular complexity index is 405. The van der Waals surface area contributed by atoms with Crippen LogP contribution in [0, 0.1) is 5.92 Å². The molecule has 1 aliphatic carbocycles. The van der Waals surface area contributed by atoms with Gasteiger partial charge in [0.15, 0.2) is 0 Å². The van der Waals surface area contributed by atoms with Gasteiger partial charge in [-0.15, -0.1) is 0 Å². The van der Waals surface area contributed by atoms with Crippen LogP contribution in [-0.2, 0) is 0 Å². The summed E-state index contributed by atoms with van der Waals surface area (Å²) in [6.07, 6.45) is 3.85. The van der Waals surface area contributed by atoms with Crippen molar-refractivity contribution >= 4 is 27.5 Å². The van der Waals surface area contributed by atoms with E-state index in [1.165, 1.54) is 19.3 Å². The van der Waals surface area contributed by atoms with Crippen LogP contribution in [0.2, 0.25) is 5.02 Å². The van der Waals surface area contributed by atoms with E-state index in [0.29, 0.717) is 21.5 Å². The molecule has 94 valence electrons. The predicted octanol–water partition coefficient (Wildman–Crippen LogP) is 4.59. The first-order chi connectivity index (χ1) is 8.19. The van der Waals surface area contributed by atoms with E-state index < -0.39 is 0 Å². The second kappa shape index (κ2) is 5.49. The van der Waals surface area contributed by atoms with Crippen molar-refractivity contribution in [2.45, 2.75) is 24.1 Å². The number of methoxy groups -OCH3 is 2. The monoisotopic (exact) mass is 318 g/mol. The summed E-state index contributed by atoms with van der Waals surface area (Å²) >= 11 is 10.0. The standard InChI is InChI=1S/C13H16BrClO2/c1-16-10-7-6-9(13(17-2)12(10)15)11(14)8-4-3-5-8/h6-8,11H,3-5H2,1-2H3. The van der Waals surface area contributed by atoms with Crippen LogP contribution in [0.25, 0.3) is 0 Å². The SMILES string of the molecule is COc1ccc(C(Br)C2CCC2)c(OC)c1Cl. The molecule has 0 amide bonds. The molecule has 1 unspecified atom stereocenters. The summed E-state index contributed by atoms with van der Waals surface area (Å²) in [6, 6.07) is 3.92. The summed E-state index contributed by atoms with van der Waals surface area (Å²) in [5, 5.41) is 0.552. The number of ether oxygens (including phenoxy) is 2. The van der Waals surface area contributed by atoms with E-state index in [-0.39, 0.29) is 0 Å². The molecule has 0 radical (unpaired) electrons. The van der Waals surface area contributed by atoms with Gasteiger partial charge in [0, 0.05) is 10.4 Å². The third-order valence-electron chi connectivity index (χ3n) is 3.38. The molecular weight excluding hydrogens is 303 g/mol. The molecule has 1 fully saturated rings. The lowest BCUT2D eigenvalue weighted by molar-refractivity contribution is 0.306. The topological polar surface area (TPSA) is 18.5 Å². The Morgan fingerprint density at radius 1 is 1.29 bits per heavy atom. The molecule has 1 aromatic carbocycles. The highest BCUT2D eigenvalue weighted by Gasteiger charge is 2.29. The van der Waals surface area contributed by atoms with Crippen LogP contribution in [0.3, 0.4) is 0 Å². The van der Waals surface area contributed by atoms with E-state index in [9.17, 15) is 0 Å². The number of hydrogen-bond donors (Lipinski definition) is 0. The molecule has 1 saturated carbocycles. The lowest BCUT2D eigenvalue weighted by atomic mass is 9.80. The van der Waals surface area contributed by atoms with Gasteiger partial charge in [-0.3, -0.25) is 0 Å². The summed E-state index contributed by atoms with van der Waals surface area (Å²) in [7, 11) is 3.25. The fourth-order valence-electron chi connectivity index (χ4n) is 2.12. The third kappa shape index (κ3) is 2.41. The molecule has 1 aliphatic rings. The van der Waals surface area contributed by atoms with E-state index >= 15 is 0 Å². The smallest absolute Gasteiger partial charge is 0.145 e. The molecular formula is C13H16BrClO2. The molecule has 0 bridgehead atoms. The minimum absolute atomic E-state index is 0.314. The summed E-state index contributed by atoms with van der Waals surface area (Å²) in [4.78, 5) is 0.314. The number of rotatable bonds is 4. The average molecular weight is 320 g/mol. The largest absolute Gasteiger partial charge is 0.495 e.